The van der Waals surface area contributed by atoms with Crippen molar-refractivity contribution in [1.82, 2.24) is 44.8 Å². The summed E-state index contributed by atoms with van der Waals surface area (Å²) in [7, 11) is 0. The third-order valence-electron chi connectivity index (χ3n) is 9.25. The summed E-state index contributed by atoms with van der Waals surface area (Å²) in [5, 5.41) is 18.3. The maximum atomic E-state index is 13.1. The molecule has 63 heavy (non-hydrogen) atoms. The highest BCUT2D eigenvalue weighted by molar-refractivity contribution is 7.08. The molecule has 0 atom stereocenters. The Labute approximate surface area is 379 Å². The highest BCUT2D eigenvalue weighted by Gasteiger charge is 2.19. The zero-order valence-corrected chi connectivity index (χ0v) is 36.9. The number of pyridine rings is 2. The van der Waals surface area contributed by atoms with Gasteiger partial charge in [-0.05, 0) is 127 Å². The Hall–Kier alpha value is -6.13. The van der Waals surface area contributed by atoms with Crippen molar-refractivity contribution in [3.8, 4) is 22.8 Å². The molecule has 0 aliphatic heterocycles. The summed E-state index contributed by atoms with van der Waals surface area (Å²) < 4.78 is 27.3. The fourth-order valence-corrected chi connectivity index (χ4v) is 7.15. The summed E-state index contributed by atoms with van der Waals surface area (Å²) in [4.78, 5) is 42.5. The first-order valence-corrected chi connectivity index (χ1v) is 22.1. The molecule has 8 aromatic rings. The van der Waals surface area contributed by atoms with Crippen molar-refractivity contribution in [3.63, 3.8) is 0 Å². The van der Waals surface area contributed by atoms with Crippen LogP contribution in [-0.4, -0.2) is 75.6 Å². The molecule has 6 heterocycles. The third kappa shape index (κ3) is 15.9. The molecule has 0 bridgehead atoms. The molecule has 8 rings (SSSR count). The molecule has 0 saturated heterocycles. The third-order valence-corrected chi connectivity index (χ3v) is 10.8. The summed E-state index contributed by atoms with van der Waals surface area (Å²) in [6.07, 6.45) is 9.43. The van der Waals surface area contributed by atoms with E-state index in [1.54, 1.807) is 84.1 Å². The lowest BCUT2D eigenvalue weighted by molar-refractivity contribution is 0.0941. The number of carbonyl (C=O) groups is 2. The Kier molecular flexibility index (Phi) is 20.7. The molecule has 0 radical (unpaired) electrons. The number of aromatic amines is 1. The molecule has 6 aromatic heterocycles. The predicted molar refractivity (Wildman–Crippen MR) is 249 cm³/mol. The van der Waals surface area contributed by atoms with E-state index in [1.165, 1.54) is 71.3 Å². The topological polar surface area (TPSA) is 135 Å². The molecule has 0 fully saturated rings. The molecule has 0 amide bonds. The second kappa shape index (κ2) is 26.4. The first-order valence-electron chi connectivity index (χ1n) is 19.8. The fraction of sp³-hybridized carbons (Fsp3) is 0.234. The number of rotatable bonds is 13. The van der Waals surface area contributed by atoms with Crippen molar-refractivity contribution < 1.29 is 18.4 Å². The Bertz CT molecular complexity index is 2490. The van der Waals surface area contributed by atoms with E-state index in [2.05, 4.69) is 60.9 Å². The van der Waals surface area contributed by atoms with E-state index in [-0.39, 0.29) is 30.2 Å². The summed E-state index contributed by atoms with van der Waals surface area (Å²) in [5.41, 5.74) is 4.94. The van der Waals surface area contributed by atoms with Crippen LogP contribution in [0.25, 0.3) is 22.8 Å². The van der Waals surface area contributed by atoms with Gasteiger partial charge in [-0.1, -0.05) is 52.5 Å². The van der Waals surface area contributed by atoms with Gasteiger partial charge in [-0.2, -0.15) is 32.5 Å². The van der Waals surface area contributed by atoms with Crippen LogP contribution in [0.4, 0.5) is 8.78 Å². The first kappa shape index (κ1) is 49.5. The van der Waals surface area contributed by atoms with Crippen molar-refractivity contribution in [2.75, 3.05) is 19.6 Å². The number of thiophene rings is 2. The SMILES string of the molecule is C.CCN(CC)CC.Fc1ccc(CCc2nc(-c3ccncc3)n[nH]2)cc1.O=C(Cl)c1ccsc1.O=C(c1ccsc1)n1nc(-c2ccncc2)nc1CCc1ccc(F)cc1. The van der Waals surface area contributed by atoms with Crippen LogP contribution in [0.5, 0.6) is 0 Å². The number of aromatic nitrogens is 8. The summed E-state index contributed by atoms with van der Waals surface area (Å²) in [6.45, 7) is 10.1. The van der Waals surface area contributed by atoms with Gasteiger partial charge < -0.3 is 4.90 Å². The molecule has 0 unspecified atom stereocenters. The zero-order valence-electron chi connectivity index (χ0n) is 34.5. The van der Waals surface area contributed by atoms with Crippen molar-refractivity contribution in [2.24, 2.45) is 0 Å². The van der Waals surface area contributed by atoms with E-state index >= 15 is 0 Å². The molecule has 0 spiro atoms. The molecule has 2 aromatic carbocycles. The predicted octanol–water partition coefficient (Wildman–Crippen LogP) is 10.9. The quantitative estimate of drug-likeness (QED) is 0.112. The average molecular weight is 911 g/mol. The van der Waals surface area contributed by atoms with E-state index in [4.69, 9.17) is 11.6 Å². The van der Waals surface area contributed by atoms with Gasteiger partial charge in [-0.15, -0.1) is 5.10 Å². The van der Waals surface area contributed by atoms with Crippen molar-refractivity contribution in [2.45, 2.75) is 53.9 Å². The van der Waals surface area contributed by atoms with Gasteiger partial charge in [0.15, 0.2) is 11.6 Å². The van der Waals surface area contributed by atoms with Crippen LogP contribution in [-0.2, 0) is 25.7 Å². The van der Waals surface area contributed by atoms with Crippen LogP contribution in [0.3, 0.4) is 0 Å². The fourth-order valence-electron chi connectivity index (χ4n) is 5.71. The van der Waals surface area contributed by atoms with Gasteiger partial charge in [-0.25, -0.2) is 18.7 Å². The summed E-state index contributed by atoms with van der Waals surface area (Å²) >= 11 is 8.03. The smallest absolute Gasteiger partial charge is 0.280 e. The molecular formula is C47H50ClF2N9O2S2. The molecule has 0 aliphatic rings. The minimum atomic E-state index is -0.383. The van der Waals surface area contributed by atoms with Crippen LogP contribution in [0, 0.1) is 11.6 Å². The maximum Gasteiger partial charge on any atom is 0.280 e. The number of nitrogens with one attached hydrogen (secondary N) is 1. The molecule has 16 heteroatoms. The largest absolute Gasteiger partial charge is 0.304 e. The standard InChI is InChI=1S/C20H15FN4OS.C15H13FN4.C6H15N.C5H3ClOS.CH4/c21-17-4-1-14(2-5-17)3-6-18-23-19(15-7-10-22-11-8-15)24-25(18)20(26)16-9-12-27-13-16;16-13-4-1-11(2-5-13)3-6-14-18-15(20-19-14)12-7-9-17-10-8-12;1-4-7(5-2)6-3;6-5(7)4-1-2-8-3-4;/h1-2,4-5,7-13H,3,6H2;1-2,4-5,7-10H,3,6H2,(H,18,19,20);4-6H2,1-3H3;1-3H;1H4. The van der Waals surface area contributed by atoms with Crippen LogP contribution in [0.1, 0.15) is 71.7 Å². The maximum absolute atomic E-state index is 13.1. The number of nitrogens with zero attached hydrogens (tertiary/aromatic N) is 8. The Balaban J connectivity index is 0.000000211. The monoisotopic (exact) mass is 909 g/mol. The molecule has 328 valence electrons. The molecule has 11 nitrogen and oxygen atoms in total. The van der Waals surface area contributed by atoms with Gasteiger partial charge in [0.25, 0.3) is 11.1 Å². The number of hydrogen-bond acceptors (Lipinski definition) is 11. The number of H-pyrrole nitrogens is 1. The van der Waals surface area contributed by atoms with Gasteiger partial charge in [-0.3, -0.25) is 24.7 Å². The number of benzene rings is 2. The summed E-state index contributed by atoms with van der Waals surface area (Å²) in [6, 6.07) is 23.7. The van der Waals surface area contributed by atoms with Crippen LogP contribution >= 0.6 is 34.3 Å². The second-order valence-electron chi connectivity index (χ2n) is 13.3. The number of halogens is 3. The van der Waals surface area contributed by atoms with Gasteiger partial charge >= 0.3 is 0 Å². The van der Waals surface area contributed by atoms with Gasteiger partial charge in [0, 0.05) is 65.1 Å². The van der Waals surface area contributed by atoms with Crippen LogP contribution in [0.2, 0.25) is 0 Å². The van der Waals surface area contributed by atoms with E-state index in [0.29, 0.717) is 41.4 Å². The highest BCUT2D eigenvalue weighted by atomic mass is 35.5. The van der Waals surface area contributed by atoms with Gasteiger partial charge in [0.1, 0.15) is 23.3 Å². The molecule has 0 aliphatic carbocycles. The minimum Gasteiger partial charge on any atom is -0.304 e. The van der Waals surface area contributed by atoms with Crippen molar-refractivity contribution in [3.05, 3.63) is 177 Å². The lowest BCUT2D eigenvalue weighted by Gasteiger charge is -2.13. The second-order valence-corrected chi connectivity index (χ2v) is 15.2. The lowest BCUT2D eigenvalue weighted by atomic mass is 10.1. The van der Waals surface area contributed by atoms with Crippen molar-refractivity contribution in [1.29, 1.82) is 0 Å². The van der Waals surface area contributed by atoms with Gasteiger partial charge in [0.2, 0.25) is 0 Å². The average Bonchev–Trinajstić information content (AvgIpc) is 4.17. The Morgan fingerprint density at radius 3 is 1.59 bits per heavy atom. The number of hydrogen-bond donors (Lipinski definition) is 1. The first-order chi connectivity index (χ1) is 30.2. The van der Waals surface area contributed by atoms with Crippen LogP contribution in [0.15, 0.2) is 131 Å². The Morgan fingerprint density at radius 2 is 1.14 bits per heavy atom. The van der Waals surface area contributed by atoms with E-state index in [1.807, 2.05) is 22.9 Å². The van der Waals surface area contributed by atoms with Gasteiger partial charge in [0.05, 0.1) is 5.56 Å². The number of aryl methyl sites for hydroxylation is 4. The Morgan fingerprint density at radius 1 is 0.651 bits per heavy atom. The minimum absolute atomic E-state index is 0. The summed E-state index contributed by atoms with van der Waals surface area (Å²) in [5.74, 6) is 1.85. The zero-order chi connectivity index (χ0) is 44.1. The molecule has 1 N–H and O–H groups in total. The van der Waals surface area contributed by atoms with Crippen LogP contribution < -0.4 is 0 Å². The van der Waals surface area contributed by atoms with E-state index in [0.717, 1.165) is 40.9 Å². The molecule has 0 saturated carbocycles. The highest BCUT2D eigenvalue weighted by Crippen LogP contribution is 2.19. The normalized spacial score (nSPS) is 10.3. The van der Waals surface area contributed by atoms with E-state index < -0.39 is 0 Å². The molecular weight excluding hydrogens is 860 g/mol. The van der Waals surface area contributed by atoms with E-state index in [9.17, 15) is 18.4 Å². The van der Waals surface area contributed by atoms with Crippen molar-refractivity contribution >= 4 is 45.4 Å². The lowest BCUT2D eigenvalue weighted by Crippen LogP contribution is -2.21. The number of carbonyl (C=O) groups excluding carboxylic acids is 2.